The minimum atomic E-state index is -0.516. The van der Waals surface area contributed by atoms with Crippen LogP contribution in [0.25, 0.3) is 16.8 Å². The summed E-state index contributed by atoms with van der Waals surface area (Å²) in [7, 11) is 0. The monoisotopic (exact) mass is 404 g/mol. The van der Waals surface area contributed by atoms with Gasteiger partial charge in [0.1, 0.15) is 12.1 Å². The lowest BCUT2D eigenvalue weighted by atomic mass is 10.1. The van der Waals surface area contributed by atoms with Crippen molar-refractivity contribution >= 4 is 17.4 Å². The third-order valence-electron chi connectivity index (χ3n) is 5.34. The Morgan fingerprint density at radius 1 is 1.10 bits per heavy atom. The van der Waals surface area contributed by atoms with E-state index in [9.17, 15) is 4.39 Å². The van der Waals surface area contributed by atoms with Gasteiger partial charge in [0.05, 0.1) is 0 Å². The highest BCUT2D eigenvalue weighted by Crippen LogP contribution is 2.25. The molecular formula is C21H21FN8. The first kappa shape index (κ1) is 18.4. The van der Waals surface area contributed by atoms with Gasteiger partial charge in [0.2, 0.25) is 11.9 Å². The molecular weight excluding hydrogens is 383 g/mol. The Morgan fingerprint density at radius 2 is 1.97 bits per heavy atom. The second-order valence-corrected chi connectivity index (χ2v) is 7.42. The van der Waals surface area contributed by atoms with Crippen LogP contribution in [0.4, 0.5) is 16.2 Å². The first-order valence-electron chi connectivity index (χ1n) is 9.93. The van der Waals surface area contributed by atoms with Crippen molar-refractivity contribution < 1.29 is 4.39 Å². The molecule has 0 aliphatic carbocycles. The molecule has 9 heteroatoms. The van der Waals surface area contributed by atoms with Crippen LogP contribution < -0.4 is 10.2 Å². The average Bonchev–Trinajstić information content (AvgIpc) is 3.17. The smallest absolute Gasteiger partial charge is 0.243 e. The van der Waals surface area contributed by atoms with E-state index in [2.05, 4.69) is 35.3 Å². The maximum Gasteiger partial charge on any atom is 0.243 e. The molecule has 152 valence electrons. The molecule has 1 aliphatic heterocycles. The summed E-state index contributed by atoms with van der Waals surface area (Å²) in [6.45, 7) is 3.79. The van der Waals surface area contributed by atoms with Gasteiger partial charge in [0, 0.05) is 54.9 Å². The number of aryl methyl sites for hydroxylation is 1. The molecule has 4 aromatic rings. The van der Waals surface area contributed by atoms with E-state index in [4.69, 9.17) is 0 Å². The summed E-state index contributed by atoms with van der Waals surface area (Å²) in [6, 6.07) is 9.25. The van der Waals surface area contributed by atoms with Crippen molar-refractivity contribution in [3.8, 4) is 11.1 Å². The van der Waals surface area contributed by atoms with Crippen LogP contribution in [-0.4, -0.2) is 48.7 Å². The predicted molar refractivity (Wildman–Crippen MR) is 112 cm³/mol. The molecule has 0 unspecified atom stereocenters. The lowest BCUT2D eigenvalue weighted by molar-refractivity contribution is 0.520. The standard InChI is InChI=1S/C21H21FN8/c1-14-11-19(25-13-24-14)29-9-5-16(6-10-29)26-21-27-20-17(3-2-8-30(20)28-21)15-4-7-23-18(22)12-15/h2-4,7-8,11-13,16H,5-6,9-10H2,1H3,(H,26,28). The van der Waals surface area contributed by atoms with Crippen molar-refractivity contribution in [3.05, 3.63) is 60.7 Å². The number of hydrogen-bond acceptors (Lipinski definition) is 7. The fourth-order valence-electron chi connectivity index (χ4n) is 3.81. The van der Waals surface area contributed by atoms with Crippen LogP contribution in [0, 0.1) is 12.9 Å². The number of pyridine rings is 2. The first-order chi connectivity index (χ1) is 14.7. The van der Waals surface area contributed by atoms with Crippen LogP contribution in [0.3, 0.4) is 0 Å². The third-order valence-corrected chi connectivity index (χ3v) is 5.34. The first-order valence-corrected chi connectivity index (χ1v) is 9.93. The third kappa shape index (κ3) is 3.66. The van der Waals surface area contributed by atoms with E-state index in [-0.39, 0.29) is 6.04 Å². The van der Waals surface area contributed by atoms with Crippen LogP contribution in [0.5, 0.6) is 0 Å². The number of halogens is 1. The molecule has 30 heavy (non-hydrogen) atoms. The van der Waals surface area contributed by atoms with Gasteiger partial charge >= 0.3 is 0 Å². The number of nitrogens with zero attached hydrogens (tertiary/aromatic N) is 7. The molecule has 5 heterocycles. The van der Waals surface area contributed by atoms with E-state index in [1.165, 1.54) is 12.3 Å². The van der Waals surface area contributed by atoms with E-state index in [1.807, 2.05) is 31.3 Å². The molecule has 1 N–H and O–H groups in total. The molecule has 0 atom stereocenters. The van der Waals surface area contributed by atoms with Crippen LogP contribution in [0.2, 0.25) is 0 Å². The van der Waals surface area contributed by atoms with Crippen LogP contribution in [0.1, 0.15) is 18.5 Å². The van der Waals surface area contributed by atoms with Gasteiger partial charge in [0.15, 0.2) is 5.65 Å². The van der Waals surface area contributed by atoms with Gasteiger partial charge in [-0.05, 0) is 43.5 Å². The van der Waals surface area contributed by atoms with Crippen LogP contribution in [0.15, 0.2) is 49.1 Å². The fraction of sp³-hybridized carbons (Fsp3) is 0.286. The Labute approximate surface area is 172 Å². The van der Waals surface area contributed by atoms with Crippen LogP contribution in [-0.2, 0) is 0 Å². The summed E-state index contributed by atoms with van der Waals surface area (Å²) < 4.78 is 15.3. The Hall–Kier alpha value is -3.62. The molecule has 4 aromatic heterocycles. The molecule has 1 fully saturated rings. The van der Waals surface area contributed by atoms with Crippen molar-refractivity contribution in [1.29, 1.82) is 0 Å². The molecule has 0 saturated carbocycles. The van der Waals surface area contributed by atoms with Crippen molar-refractivity contribution in [3.63, 3.8) is 0 Å². The molecule has 0 bridgehead atoms. The highest BCUT2D eigenvalue weighted by Gasteiger charge is 2.22. The largest absolute Gasteiger partial charge is 0.356 e. The highest BCUT2D eigenvalue weighted by molar-refractivity contribution is 5.77. The normalized spacial score (nSPS) is 14.9. The number of rotatable bonds is 4. The molecule has 0 spiro atoms. The second-order valence-electron chi connectivity index (χ2n) is 7.42. The van der Waals surface area contributed by atoms with Crippen molar-refractivity contribution in [2.45, 2.75) is 25.8 Å². The van der Waals surface area contributed by atoms with E-state index in [0.29, 0.717) is 11.6 Å². The lowest BCUT2D eigenvalue weighted by Gasteiger charge is -2.32. The zero-order valence-corrected chi connectivity index (χ0v) is 16.5. The Kier molecular flexibility index (Phi) is 4.70. The SMILES string of the molecule is Cc1cc(N2CCC(Nc3nc4c(-c5ccnc(F)c5)cccn4n3)CC2)ncn1. The molecule has 5 rings (SSSR count). The van der Waals surface area contributed by atoms with Gasteiger partial charge in [-0.15, -0.1) is 5.10 Å². The van der Waals surface area contributed by atoms with Gasteiger partial charge in [-0.3, -0.25) is 0 Å². The number of aromatic nitrogens is 6. The number of nitrogens with one attached hydrogen (secondary N) is 1. The molecule has 0 radical (unpaired) electrons. The minimum absolute atomic E-state index is 0.281. The highest BCUT2D eigenvalue weighted by atomic mass is 19.1. The van der Waals surface area contributed by atoms with Gasteiger partial charge < -0.3 is 10.2 Å². The van der Waals surface area contributed by atoms with E-state index >= 15 is 0 Å². The van der Waals surface area contributed by atoms with E-state index < -0.39 is 5.95 Å². The van der Waals surface area contributed by atoms with Gasteiger partial charge in [0.25, 0.3) is 0 Å². The van der Waals surface area contributed by atoms with E-state index in [0.717, 1.165) is 48.6 Å². The Bertz CT molecular complexity index is 1180. The Balaban J connectivity index is 1.31. The van der Waals surface area contributed by atoms with Crippen molar-refractivity contribution in [1.82, 2.24) is 29.5 Å². The number of hydrogen-bond donors (Lipinski definition) is 1. The van der Waals surface area contributed by atoms with Crippen molar-refractivity contribution in [2.75, 3.05) is 23.3 Å². The molecule has 8 nitrogen and oxygen atoms in total. The van der Waals surface area contributed by atoms with Gasteiger partial charge in [-0.25, -0.2) is 19.5 Å². The van der Waals surface area contributed by atoms with Crippen LogP contribution >= 0.6 is 0 Å². The summed E-state index contributed by atoms with van der Waals surface area (Å²) in [4.78, 5) is 19.1. The fourth-order valence-corrected chi connectivity index (χ4v) is 3.81. The van der Waals surface area contributed by atoms with E-state index in [1.54, 1.807) is 16.9 Å². The molecule has 0 aromatic carbocycles. The summed E-state index contributed by atoms with van der Waals surface area (Å²) >= 11 is 0. The Morgan fingerprint density at radius 3 is 2.77 bits per heavy atom. The average molecular weight is 404 g/mol. The number of piperidine rings is 1. The van der Waals surface area contributed by atoms with Gasteiger partial charge in [-0.1, -0.05) is 0 Å². The zero-order valence-electron chi connectivity index (χ0n) is 16.5. The van der Waals surface area contributed by atoms with Gasteiger partial charge in [-0.2, -0.15) is 9.37 Å². The second kappa shape index (κ2) is 7.66. The topological polar surface area (TPSA) is 84.1 Å². The zero-order chi connectivity index (χ0) is 20.5. The lowest BCUT2D eigenvalue weighted by Crippen LogP contribution is -2.39. The minimum Gasteiger partial charge on any atom is -0.356 e. The maximum atomic E-state index is 13.6. The summed E-state index contributed by atoms with van der Waals surface area (Å²) in [5.74, 6) is 1.03. The maximum absolute atomic E-state index is 13.6. The molecule has 1 aliphatic rings. The summed E-state index contributed by atoms with van der Waals surface area (Å²) in [6.07, 6.45) is 6.83. The predicted octanol–water partition coefficient (Wildman–Crippen LogP) is 3.11. The number of fused-ring (bicyclic) bond motifs is 1. The van der Waals surface area contributed by atoms with Crippen molar-refractivity contribution in [2.24, 2.45) is 0 Å². The summed E-state index contributed by atoms with van der Waals surface area (Å²) in [5.41, 5.74) is 3.19. The number of anilines is 2. The summed E-state index contributed by atoms with van der Waals surface area (Å²) in [5, 5.41) is 8.01. The quantitative estimate of drug-likeness (QED) is 0.523. The molecule has 0 amide bonds. The molecule has 1 saturated heterocycles.